The molecule has 0 saturated heterocycles. The van der Waals surface area contributed by atoms with Gasteiger partial charge >= 0.3 is 0 Å². The first-order valence-electron chi connectivity index (χ1n) is 11.9. The molecular weight excluding hydrogens is 424 g/mol. The molecule has 4 heterocycles. The van der Waals surface area contributed by atoms with Gasteiger partial charge in [-0.2, -0.15) is 0 Å². The summed E-state index contributed by atoms with van der Waals surface area (Å²) in [7, 11) is 0. The Kier molecular flexibility index (Phi) is 5.73. The van der Waals surface area contributed by atoms with Gasteiger partial charge in [0.25, 0.3) is 0 Å². The maximum Gasteiger partial charge on any atom is 0.181 e. The molecule has 0 fully saturated rings. The van der Waals surface area contributed by atoms with E-state index in [9.17, 15) is 0 Å². The van der Waals surface area contributed by atoms with Gasteiger partial charge in [-0.05, 0) is 73.4 Å². The molecule has 1 N–H and O–H groups in total. The average Bonchev–Trinajstić information content (AvgIpc) is 3.54. The monoisotopic (exact) mass is 454 g/mol. The summed E-state index contributed by atoms with van der Waals surface area (Å²) in [5, 5.41) is 14.6. The summed E-state index contributed by atoms with van der Waals surface area (Å²) in [6.07, 6.45) is 1.98. The third-order valence-corrected chi connectivity index (χ3v) is 6.36. The van der Waals surface area contributed by atoms with E-state index in [2.05, 4.69) is 93.9 Å². The molecule has 0 aliphatic carbocycles. The van der Waals surface area contributed by atoms with E-state index in [4.69, 9.17) is 9.97 Å². The van der Waals surface area contributed by atoms with E-state index in [0.29, 0.717) is 5.82 Å². The van der Waals surface area contributed by atoms with Gasteiger partial charge in [0.05, 0.1) is 12.2 Å². The number of nitrogens with zero attached hydrogens (tertiary/aromatic N) is 7. The molecule has 0 aliphatic heterocycles. The molecule has 0 aliphatic rings. The molecule has 4 aromatic heterocycles. The molecule has 0 amide bonds. The number of benzene rings is 1. The first kappa shape index (κ1) is 22.0. The Balaban J connectivity index is 1.54. The molecule has 0 radical (unpaired) electrons. The molecule has 174 valence electrons. The average molecular weight is 455 g/mol. The normalized spacial score (nSPS) is 11.6. The van der Waals surface area contributed by atoms with Crippen LogP contribution in [0.2, 0.25) is 0 Å². The van der Waals surface area contributed by atoms with Crippen molar-refractivity contribution >= 4 is 11.2 Å². The summed E-state index contributed by atoms with van der Waals surface area (Å²) in [5.74, 6) is 1.78. The molecule has 0 bridgehead atoms. The predicted molar refractivity (Wildman–Crippen MR) is 134 cm³/mol. The maximum absolute atomic E-state index is 4.94. The Labute approximate surface area is 199 Å². The Bertz CT molecular complexity index is 1440. The van der Waals surface area contributed by atoms with E-state index in [1.54, 1.807) is 0 Å². The van der Waals surface area contributed by atoms with Crippen LogP contribution in [-0.2, 0) is 19.5 Å². The van der Waals surface area contributed by atoms with Gasteiger partial charge in [-0.15, -0.1) is 5.10 Å². The largest absolute Gasteiger partial charge is 0.345 e. The minimum atomic E-state index is 0.681. The number of imidazole rings is 1. The number of aryl methyl sites for hydroxylation is 4. The minimum Gasteiger partial charge on any atom is -0.345 e. The molecule has 5 aromatic rings. The van der Waals surface area contributed by atoms with Gasteiger partial charge in [0.1, 0.15) is 11.3 Å². The zero-order valence-electron chi connectivity index (χ0n) is 20.4. The Morgan fingerprint density at radius 2 is 1.74 bits per heavy atom. The second kappa shape index (κ2) is 8.85. The highest BCUT2D eigenvalue weighted by Gasteiger charge is 2.18. The topological polar surface area (TPSA) is 90.1 Å². The number of aromatic nitrogens is 8. The van der Waals surface area contributed by atoms with Crippen LogP contribution in [0.15, 0.2) is 36.4 Å². The lowest BCUT2D eigenvalue weighted by Gasteiger charge is -2.13. The molecule has 0 atom stereocenters. The van der Waals surface area contributed by atoms with Crippen molar-refractivity contribution in [3.63, 3.8) is 0 Å². The predicted octanol–water partition coefficient (Wildman–Crippen LogP) is 5.03. The number of H-pyrrole nitrogens is 1. The van der Waals surface area contributed by atoms with E-state index in [1.165, 1.54) is 16.8 Å². The first-order valence-corrected chi connectivity index (χ1v) is 11.9. The van der Waals surface area contributed by atoms with Crippen LogP contribution in [0, 0.1) is 20.8 Å². The Hall–Kier alpha value is -3.81. The zero-order chi connectivity index (χ0) is 23.8. The van der Waals surface area contributed by atoms with Crippen LogP contribution in [0.1, 0.15) is 48.6 Å². The highest BCUT2D eigenvalue weighted by atomic mass is 15.5. The maximum atomic E-state index is 4.94. The first-order chi connectivity index (χ1) is 16.5. The van der Waals surface area contributed by atoms with Crippen molar-refractivity contribution in [2.24, 2.45) is 0 Å². The second-order valence-corrected chi connectivity index (χ2v) is 8.86. The summed E-state index contributed by atoms with van der Waals surface area (Å²) in [5.41, 5.74) is 9.85. The fraction of sp³-hybridized carbons (Fsp3) is 0.346. The van der Waals surface area contributed by atoms with E-state index in [0.717, 1.165) is 65.4 Å². The van der Waals surface area contributed by atoms with Crippen molar-refractivity contribution in [2.75, 3.05) is 0 Å². The van der Waals surface area contributed by atoms with Crippen LogP contribution in [0.3, 0.4) is 0 Å². The third kappa shape index (κ3) is 3.79. The number of nitrogens with one attached hydrogen (secondary N) is 1. The van der Waals surface area contributed by atoms with Gasteiger partial charge in [0, 0.05) is 29.9 Å². The number of aromatic amines is 1. The molecular formula is C26H30N8. The standard InChI is InChI=1S/C26H30N8/c1-6-8-22-28-23-16(3)13-17(4)27-26(23)34(22)15-19-9-11-20(12-10-19)24-21(25-29-31-32-30-25)14-18(5)33(24)7-2/h9-14H,6-8,15H2,1-5H3,(H,29,30,31,32). The quantitative estimate of drug-likeness (QED) is 0.373. The fourth-order valence-corrected chi connectivity index (χ4v) is 4.83. The Morgan fingerprint density at radius 3 is 2.41 bits per heavy atom. The van der Waals surface area contributed by atoms with Crippen LogP contribution in [0.5, 0.6) is 0 Å². The highest BCUT2D eigenvalue weighted by molar-refractivity contribution is 5.79. The number of hydrogen-bond acceptors (Lipinski definition) is 5. The molecule has 1 aromatic carbocycles. The zero-order valence-corrected chi connectivity index (χ0v) is 20.4. The lowest BCUT2D eigenvalue weighted by atomic mass is 10.0. The van der Waals surface area contributed by atoms with Crippen molar-refractivity contribution in [2.45, 2.75) is 60.5 Å². The van der Waals surface area contributed by atoms with Crippen molar-refractivity contribution < 1.29 is 0 Å². The van der Waals surface area contributed by atoms with Crippen LogP contribution in [-0.4, -0.2) is 39.7 Å². The lowest BCUT2D eigenvalue weighted by Crippen LogP contribution is -2.06. The number of hydrogen-bond donors (Lipinski definition) is 1. The van der Waals surface area contributed by atoms with Gasteiger partial charge in [-0.1, -0.05) is 31.2 Å². The van der Waals surface area contributed by atoms with Crippen molar-refractivity contribution in [1.29, 1.82) is 0 Å². The van der Waals surface area contributed by atoms with E-state index < -0.39 is 0 Å². The number of tetrazole rings is 1. The minimum absolute atomic E-state index is 0.681. The SMILES string of the molecule is CCCc1nc2c(C)cc(C)nc2n1Cc1ccc(-c2c(-c3nnn[nH]3)cc(C)n2CC)cc1. The van der Waals surface area contributed by atoms with Crippen molar-refractivity contribution in [3.05, 3.63) is 64.7 Å². The number of rotatable bonds is 7. The highest BCUT2D eigenvalue weighted by Crippen LogP contribution is 2.33. The summed E-state index contributed by atoms with van der Waals surface area (Å²) in [6, 6.07) is 13.0. The van der Waals surface area contributed by atoms with Crippen molar-refractivity contribution in [1.82, 2.24) is 39.7 Å². The van der Waals surface area contributed by atoms with Gasteiger partial charge in [-0.3, -0.25) is 0 Å². The summed E-state index contributed by atoms with van der Waals surface area (Å²) >= 11 is 0. The number of pyridine rings is 1. The van der Waals surface area contributed by atoms with E-state index in [1.807, 2.05) is 6.92 Å². The molecule has 8 nitrogen and oxygen atoms in total. The smallest absolute Gasteiger partial charge is 0.181 e. The summed E-state index contributed by atoms with van der Waals surface area (Å²) in [6.45, 7) is 12.2. The van der Waals surface area contributed by atoms with Crippen molar-refractivity contribution in [3.8, 4) is 22.6 Å². The molecule has 0 unspecified atom stereocenters. The summed E-state index contributed by atoms with van der Waals surface area (Å²) < 4.78 is 4.57. The Morgan fingerprint density at radius 1 is 0.941 bits per heavy atom. The number of fused-ring (bicyclic) bond motifs is 1. The van der Waals surface area contributed by atoms with Crippen LogP contribution >= 0.6 is 0 Å². The van der Waals surface area contributed by atoms with E-state index >= 15 is 0 Å². The van der Waals surface area contributed by atoms with Gasteiger partial charge in [-0.25, -0.2) is 15.1 Å². The second-order valence-electron chi connectivity index (χ2n) is 8.86. The molecule has 34 heavy (non-hydrogen) atoms. The molecule has 8 heteroatoms. The van der Waals surface area contributed by atoms with Gasteiger partial charge in [0.2, 0.25) is 0 Å². The lowest BCUT2D eigenvalue weighted by molar-refractivity contribution is 0.716. The van der Waals surface area contributed by atoms with Crippen LogP contribution in [0.4, 0.5) is 0 Å². The van der Waals surface area contributed by atoms with Gasteiger partial charge in [0.15, 0.2) is 11.5 Å². The summed E-state index contributed by atoms with van der Waals surface area (Å²) in [4.78, 5) is 9.79. The van der Waals surface area contributed by atoms with Crippen LogP contribution < -0.4 is 0 Å². The molecule has 0 spiro atoms. The third-order valence-electron chi connectivity index (χ3n) is 6.36. The fourth-order valence-electron chi connectivity index (χ4n) is 4.83. The molecule has 5 rings (SSSR count). The molecule has 0 saturated carbocycles. The van der Waals surface area contributed by atoms with Gasteiger partial charge < -0.3 is 9.13 Å². The van der Waals surface area contributed by atoms with E-state index in [-0.39, 0.29) is 0 Å². The van der Waals surface area contributed by atoms with Crippen LogP contribution in [0.25, 0.3) is 33.8 Å².